The summed E-state index contributed by atoms with van der Waals surface area (Å²) < 4.78 is 6.08. The van der Waals surface area contributed by atoms with Crippen LogP contribution in [0.5, 0.6) is 11.5 Å². The van der Waals surface area contributed by atoms with Crippen molar-refractivity contribution < 1.29 is 19.1 Å². The van der Waals surface area contributed by atoms with Crippen LogP contribution in [0.1, 0.15) is 55.7 Å². The highest BCUT2D eigenvalue weighted by Gasteiger charge is 2.40. The highest BCUT2D eigenvalue weighted by molar-refractivity contribution is 6.20. The first-order chi connectivity index (χ1) is 22.9. The van der Waals surface area contributed by atoms with Gasteiger partial charge in [0, 0.05) is 23.0 Å². The Morgan fingerprint density at radius 3 is 2.28 bits per heavy atom. The van der Waals surface area contributed by atoms with E-state index in [0.717, 1.165) is 36.0 Å². The molecule has 3 amide bonds. The molecule has 0 spiro atoms. The molecule has 4 aromatic rings. The molecule has 4 aromatic carbocycles. The van der Waals surface area contributed by atoms with Gasteiger partial charge in [-0.3, -0.25) is 14.4 Å². The zero-order valence-electron chi connectivity index (χ0n) is 26.5. The highest BCUT2D eigenvalue weighted by Crippen LogP contribution is 2.39. The first-order valence-corrected chi connectivity index (χ1v) is 16.4. The first kappa shape index (κ1) is 31.7. The van der Waals surface area contributed by atoms with Crippen molar-refractivity contribution in [3.05, 3.63) is 126 Å². The largest absolute Gasteiger partial charge is 0.457 e. The molecule has 0 saturated heterocycles. The van der Waals surface area contributed by atoms with Gasteiger partial charge in [0.25, 0.3) is 5.91 Å². The molecule has 1 aliphatic carbocycles. The predicted octanol–water partition coefficient (Wildman–Crippen LogP) is 6.62. The number of carbonyl (C=O) groups excluding carboxylic acids is 3. The lowest BCUT2D eigenvalue weighted by Gasteiger charge is -2.28. The van der Waals surface area contributed by atoms with Crippen molar-refractivity contribution in [2.24, 2.45) is 28.5 Å². The number of nitrogens with zero attached hydrogens (tertiary/aromatic N) is 2. The van der Waals surface area contributed by atoms with Crippen molar-refractivity contribution in [3.63, 3.8) is 0 Å². The molecule has 2 aliphatic rings. The van der Waals surface area contributed by atoms with Crippen molar-refractivity contribution >= 4 is 29.1 Å². The summed E-state index contributed by atoms with van der Waals surface area (Å²) in [6.45, 7) is 2.19. The number of nitrogens with one attached hydrogen (secondary N) is 1. The maximum atomic E-state index is 14.6. The smallest absolute Gasteiger partial charge is 0.272 e. The quantitative estimate of drug-likeness (QED) is 0.173. The molecule has 8 heteroatoms. The molecule has 240 valence electrons. The lowest BCUT2D eigenvalue weighted by Crippen LogP contribution is -2.50. The normalized spacial score (nSPS) is 17.1. The van der Waals surface area contributed by atoms with Crippen LogP contribution < -0.4 is 20.7 Å². The third-order valence-electron chi connectivity index (χ3n) is 8.82. The van der Waals surface area contributed by atoms with Gasteiger partial charge in [-0.25, -0.2) is 4.99 Å². The van der Waals surface area contributed by atoms with E-state index in [1.54, 1.807) is 4.90 Å². The van der Waals surface area contributed by atoms with Gasteiger partial charge in [0.2, 0.25) is 18.0 Å². The van der Waals surface area contributed by atoms with Crippen LogP contribution in [0.25, 0.3) is 0 Å². The number of aliphatic imine (C=N–C) groups is 1. The molecule has 0 aromatic heterocycles. The summed E-state index contributed by atoms with van der Waals surface area (Å²) in [4.78, 5) is 47.8. The lowest BCUT2D eigenvalue weighted by atomic mass is 9.83. The molecular formula is C39H40N4O4. The topological polar surface area (TPSA) is 114 Å². The van der Waals surface area contributed by atoms with Gasteiger partial charge in [-0.15, -0.1) is 0 Å². The number of rotatable bonds is 13. The van der Waals surface area contributed by atoms with Crippen LogP contribution in [0, 0.1) is 17.8 Å². The summed E-state index contributed by atoms with van der Waals surface area (Å²) in [6.07, 6.45) is 2.62. The van der Waals surface area contributed by atoms with Crippen LogP contribution >= 0.6 is 0 Å². The van der Waals surface area contributed by atoms with Gasteiger partial charge < -0.3 is 20.7 Å². The van der Waals surface area contributed by atoms with E-state index in [2.05, 4.69) is 5.32 Å². The van der Waals surface area contributed by atoms with Crippen LogP contribution in [-0.2, 0) is 20.9 Å². The SMILES string of the molecule is CCCC(C(N)=O)C(CC1CC1)C(=O)NC1N=C(c2ccccc2)c2ccccc2N(Cc2cccc(Oc3ccccc3)c2)C1=O. The Morgan fingerprint density at radius 2 is 1.57 bits per heavy atom. The number of ether oxygens (including phenoxy) is 1. The standard InChI is InChI=1S/C39H40N4O4/c1-2-12-31(36(40)44)33(24-26-21-22-26)38(45)42-37-39(46)43(25-27-13-11-18-30(23-27)47-29-16-7-4-8-17-29)34-20-10-9-19-32(34)35(41-37)28-14-5-3-6-15-28/h3-11,13-20,23,26,31,33,37H,2,12,21-22,24-25H2,1H3,(H2,40,44)(H,42,45). The summed E-state index contributed by atoms with van der Waals surface area (Å²) in [5, 5.41) is 2.98. The number of carbonyl (C=O) groups is 3. The van der Waals surface area contributed by atoms with Gasteiger partial charge in [-0.1, -0.05) is 105 Å². The number of primary amides is 1. The van der Waals surface area contributed by atoms with Crippen LogP contribution in [0.15, 0.2) is 114 Å². The third kappa shape index (κ3) is 7.60. The molecule has 1 fully saturated rings. The van der Waals surface area contributed by atoms with Crippen molar-refractivity contribution in [1.82, 2.24) is 5.32 Å². The maximum Gasteiger partial charge on any atom is 0.272 e. The summed E-state index contributed by atoms with van der Waals surface area (Å²) in [6, 6.07) is 34.5. The fraction of sp³-hybridized carbons (Fsp3) is 0.282. The zero-order valence-corrected chi connectivity index (χ0v) is 26.5. The van der Waals surface area contributed by atoms with E-state index >= 15 is 0 Å². The third-order valence-corrected chi connectivity index (χ3v) is 8.82. The minimum absolute atomic E-state index is 0.219. The van der Waals surface area contributed by atoms with Crippen molar-refractivity contribution in [1.29, 1.82) is 0 Å². The van der Waals surface area contributed by atoms with Crippen molar-refractivity contribution in [2.45, 2.75) is 51.7 Å². The molecule has 3 N–H and O–H groups in total. The van der Waals surface area contributed by atoms with E-state index in [1.807, 2.05) is 116 Å². The number of nitrogens with two attached hydrogens (primary N) is 1. The van der Waals surface area contributed by atoms with E-state index in [-0.39, 0.29) is 18.4 Å². The summed E-state index contributed by atoms with van der Waals surface area (Å²) in [7, 11) is 0. The van der Waals surface area contributed by atoms with E-state index < -0.39 is 23.9 Å². The van der Waals surface area contributed by atoms with Gasteiger partial charge in [0.1, 0.15) is 11.5 Å². The number of hydrogen-bond donors (Lipinski definition) is 2. The Bertz CT molecular complexity index is 1750. The molecule has 1 saturated carbocycles. The predicted molar refractivity (Wildman–Crippen MR) is 183 cm³/mol. The second-order valence-electron chi connectivity index (χ2n) is 12.3. The molecule has 0 radical (unpaired) electrons. The zero-order chi connectivity index (χ0) is 32.8. The fourth-order valence-corrected chi connectivity index (χ4v) is 6.29. The second-order valence-corrected chi connectivity index (χ2v) is 12.3. The molecular weight excluding hydrogens is 588 g/mol. The van der Waals surface area contributed by atoms with Gasteiger partial charge in [0.05, 0.1) is 17.9 Å². The van der Waals surface area contributed by atoms with E-state index in [4.69, 9.17) is 15.5 Å². The summed E-state index contributed by atoms with van der Waals surface area (Å²) in [5.41, 5.74) is 9.56. The number of fused-ring (bicyclic) bond motifs is 1. The van der Waals surface area contributed by atoms with E-state index in [9.17, 15) is 14.4 Å². The molecule has 0 bridgehead atoms. The molecule has 47 heavy (non-hydrogen) atoms. The molecule has 8 nitrogen and oxygen atoms in total. The number of benzene rings is 4. The van der Waals surface area contributed by atoms with Crippen LogP contribution in [0.4, 0.5) is 5.69 Å². The lowest BCUT2D eigenvalue weighted by molar-refractivity contribution is -0.135. The summed E-state index contributed by atoms with van der Waals surface area (Å²) in [5.74, 6) is -0.734. The van der Waals surface area contributed by atoms with Gasteiger partial charge >= 0.3 is 0 Å². The molecule has 3 unspecified atom stereocenters. The monoisotopic (exact) mass is 628 g/mol. The minimum atomic E-state index is -1.22. The summed E-state index contributed by atoms with van der Waals surface area (Å²) >= 11 is 0. The van der Waals surface area contributed by atoms with E-state index in [1.165, 1.54) is 0 Å². The van der Waals surface area contributed by atoms with E-state index in [0.29, 0.717) is 41.7 Å². The minimum Gasteiger partial charge on any atom is -0.457 e. The van der Waals surface area contributed by atoms with Gasteiger partial charge in [0.15, 0.2) is 0 Å². The van der Waals surface area contributed by atoms with Crippen LogP contribution in [0.2, 0.25) is 0 Å². The van der Waals surface area contributed by atoms with Crippen molar-refractivity contribution in [3.8, 4) is 11.5 Å². The fourth-order valence-electron chi connectivity index (χ4n) is 6.29. The van der Waals surface area contributed by atoms with Crippen LogP contribution in [-0.4, -0.2) is 29.6 Å². The Balaban J connectivity index is 1.37. The van der Waals surface area contributed by atoms with Crippen molar-refractivity contribution in [2.75, 3.05) is 4.90 Å². The number of hydrogen-bond acceptors (Lipinski definition) is 5. The Morgan fingerprint density at radius 1 is 0.894 bits per heavy atom. The highest BCUT2D eigenvalue weighted by atomic mass is 16.5. The molecule has 1 aliphatic heterocycles. The Labute approximate surface area is 275 Å². The average molecular weight is 629 g/mol. The Hall–Kier alpha value is -5.24. The number of amides is 3. The maximum absolute atomic E-state index is 14.6. The molecule has 3 atom stereocenters. The number of benzodiazepines with no additional fused rings is 1. The van der Waals surface area contributed by atoms with Gasteiger partial charge in [-0.05, 0) is 54.7 Å². The second kappa shape index (κ2) is 14.5. The first-order valence-electron chi connectivity index (χ1n) is 16.4. The molecule has 1 heterocycles. The van der Waals surface area contributed by atoms with Crippen LogP contribution in [0.3, 0.4) is 0 Å². The number of anilines is 1. The Kier molecular flexibility index (Phi) is 9.76. The number of para-hydroxylation sites is 2. The average Bonchev–Trinajstić information content (AvgIpc) is 3.93. The van der Waals surface area contributed by atoms with Gasteiger partial charge in [-0.2, -0.15) is 0 Å². The molecule has 6 rings (SSSR count).